The fourth-order valence-corrected chi connectivity index (χ4v) is 2.98. The minimum Gasteiger partial charge on any atom is -0.393 e. The average Bonchev–Trinajstić information content (AvgIpc) is 2.87. The fourth-order valence-electron chi connectivity index (χ4n) is 2.98. The number of aliphatic hydroxyl groups is 1. The van der Waals surface area contributed by atoms with Gasteiger partial charge in [0.15, 0.2) is 5.79 Å². The van der Waals surface area contributed by atoms with Crippen LogP contribution in [0.4, 0.5) is 5.69 Å². The second kappa shape index (κ2) is 5.72. The van der Waals surface area contributed by atoms with Crippen molar-refractivity contribution >= 4 is 5.69 Å². The zero-order chi connectivity index (χ0) is 14.0. The van der Waals surface area contributed by atoms with Crippen LogP contribution in [0.2, 0.25) is 0 Å². The van der Waals surface area contributed by atoms with E-state index in [4.69, 9.17) is 9.47 Å². The standard InChI is InChI=1S/C16H23NO3/c1-16(19-10-11-20-16)12-13-2-4-14(5-3-13)17-8-6-15(18)7-9-17/h2-5,15,18H,6-12H2,1H3. The van der Waals surface area contributed by atoms with E-state index in [9.17, 15) is 5.11 Å². The molecule has 1 aromatic rings. The van der Waals surface area contributed by atoms with E-state index >= 15 is 0 Å². The van der Waals surface area contributed by atoms with Gasteiger partial charge in [0.1, 0.15) is 0 Å². The molecule has 4 heteroatoms. The highest BCUT2D eigenvalue weighted by Gasteiger charge is 2.31. The second-order valence-corrected chi connectivity index (χ2v) is 5.89. The molecule has 4 nitrogen and oxygen atoms in total. The molecule has 2 saturated heterocycles. The lowest BCUT2D eigenvalue weighted by Gasteiger charge is -2.31. The summed E-state index contributed by atoms with van der Waals surface area (Å²) in [6.45, 7) is 5.24. The molecule has 3 rings (SSSR count). The number of piperidine rings is 1. The van der Waals surface area contributed by atoms with Crippen molar-refractivity contribution in [3.05, 3.63) is 29.8 Å². The molecule has 0 atom stereocenters. The minimum atomic E-state index is -0.462. The van der Waals surface area contributed by atoms with Crippen LogP contribution < -0.4 is 4.90 Å². The number of rotatable bonds is 3. The molecule has 0 unspecified atom stereocenters. The lowest BCUT2D eigenvalue weighted by atomic mass is 10.0. The zero-order valence-electron chi connectivity index (χ0n) is 12.0. The quantitative estimate of drug-likeness (QED) is 0.917. The number of ether oxygens (including phenoxy) is 2. The number of benzene rings is 1. The average molecular weight is 277 g/mol. The fraction of sp³-hybridized carbons (Fsp3) is 0.625. The maximum absolute atomic E-state index is 9.55. The van der Waals surface area contributed by atoms with Gasteiger partial charge in [0, 0.05) is 25.2 Å². The van der Waals surface area contributed by atoms with Crippen molar-refractivity contribution in [1.82, 2.24) is 0 Å². The van der Waals surface area contributed by atoms with Crippen LogP contribution in [-0.2, 0) is 15.9 Å². The Labute approximate surface area is 120 Å². The number of aliphatic hydroxyl groups excluding tert-OH is 1. The van der Waals surface area contributed by atoms with Crippen molar-refractivity contribution in [2.75, 3.05) is 31.2 Å². The van der Waals surface area contributed by atoms with Gasteiger partial charge in [-0.25, -0.2) is 0 Å². The predicted octanol–water partition coefficient (Wildman–Crippen LogP) is 1.95. The third-order valence-electron chi connectivity index (χ3n) is 4.19. The Bertz CT molecular complexity index is 432. The molecular formula is C16H23NO3. The molecule has 1 N–H and O–H groups in total. The molecule has 0 radical (unpaired) electrons. The second-order valence-electron chi connectivity index (χ2n) is 5.89. The smallest absolute Gasteiger partial charge is 0.169 e. The first-order valence-electron chi connectivity index (χ1n) is 7.44. The van der Waals surface area contributed by atoms with Crippen molar-refractivity contribution in [1.29, 1.82) is 0 Å². The first kappa shape index (κ1) is 13.9. The molecule has 2 aliphatic heterocycles. The molecule has 2 aliphatic rings. The predicted molar refractivity (Wildman–Crippen MR) is 77.9 cm³/mol. The van der Waals surface area contributed by atoms with Gasteiger partial charge in [0.05, 0.1) is 19.3 Å². The number of hydrogen-bond acceptors (Lipinski definition) is 4. The van der Waals surface area contributed by atoms with Gasteiger partial charge in [0.2, 0.25) is 0 Å². The van der Waals surface area contributed by atoms with Gasteiger partial charge in [0.25, 0.3) is 0 Å². The first-order valence-corrected chi connectivity index (χ1v) is 7.44. The van der Waals surface area contributed by atoms with Crippen molar-refractivity contribution in [3.63, 3.8) is 0 Å². The van der Waals surface area contributed by atoms with Crippen molar-refractivity contribution in [3.8, 4) is 0 Å². The topological polar surface area (TPSA) is 41.9 Å². The van der Waals surface area contributed by atoms with Gasteiger partial charge in [-0.1, -0.05) is 12.1 Å². The van der Waals surface area contributed by atoms with Crippen LogP contribution in [0.3, 0.4) is 0 Å². The molecule has 1 aromatic carbocycles. The van der Waals surface area contributed by atoms with Gasteiger partial charge >= 0.3 is 0 Å². The largest absolute Gasteiger partial charge is 0.393 e. The monoisotopic (exact) mass is 277 g/mol. The van der Waals surface area contributed by atoms with E-state index in [1.807, 2.05) is 6.92 Å². The summed E-state index contributed by atoms with van der Waals surface area (Å²) in [6.07, 6.45) is 2.39. The van der Waals surface area contributed by atoms with Gasteiger partial charge in [-0.3, -0.25) is 0 Å². The Morgan fingerprint density at radius 1 is 1.15 bits per heavy atom. The van der Waals surface area contributed by atoms with E-state index in [2.05, 4.69) is 29.2 Å². The van der Waals surface area contributed by atoms with E-state index in [-0.39, 0.29) is 6.10 Å². The van der Waals surface area contributed by atoms with Crippen LogP contribution in [0.25, 0.3) is 0 Å². The highest BCUT2D eigenvalue weighted by molar-refractivity contribution is 5.48. The molecule has 0 aromatic heterocycles. The molecule has 0 spiro atoms. The molecule has 0 bridgehead atoms. The zero-order valence-corrected chi connectivity index (χ0v) is 12.0. The normalized spacial score (nSPS) is 23.2. The summed E-state index contributed by atoms with van der Waals surface area (Å²) in [7, 11) is 0. The Hall–Kier alpha value is -1.10. The van der Waals surface area contributed by atoms with Gasteiger partial charge in [-0.2, -0.15) is 0 Å². The lowest BCUT2D eigenvalue weighted by molar-refractivity contribution is -0.140. The summed E-state index contributed by atoms with van der Waals surface area (Å²) in [5.74, 6) is -0.462. The minimum absolute atomic E-state index is 0.123. The van der Waals surface area contributed by atoms with Crippen LogP contribution >= 0.6 is 0 Å². The van der Waals surface area contributed by atoms with E-state index in [0.29, 0.717) is 13.2 Å². The maximum Gasteiger partial charge on any atom is 0.169 e. The Morgan fingerprint density at radius 2 is 1.75 bits per heavy atom. The first-order chi connectivity index (χ1) is 9.65. The molecule has 0 aliphatic carbocycles. The van der Waals surface area contributed by atoms with Gasteiger partial charge < -0.3 is 19.5 Å². The SMILES string of the molecule is CC1(Cc2ccc(N3CCC(O)CC3)cc2)OCCO1. The number of anilines is 1. The summed E-state index contributed by atoms with van der Waals surface area (Å²) >= 11 is 0. The van der Waals surface area contributed by atoms with Crippen LogP contribution in [0, 0.1) is 0 Å². The Morgan fingerprint density at radius 3 is 2.35 bits per heavy atom. The summed E-state index contributed by atoms with van der Waals surface area (Å²) in [6, 6.07) is 8.62. The highest BCUT2D eigenvalue weighted by Crippen LogP contribution is 2.26. The number of nitrogens with zero attached hydrogens (tertiary/aromatic N) is 1. The lowest BCUT2D eigenvalue weighted by Crippen LogP contribution is -2.35. The summed E-state index contributed by atoms with van der Waals surface area (Å²) in [5, 5.41) is 9.55. The van der Waals surface area contributed by atoms with E-state index in [1.54, 1.807) is 0 Å². The van der Waals surface area contributed by atoms with Crippen LogP contribution in [0.5, 0.6) is 0 Å². The van der Waals surface area contributed by atoms with Crippen LogP contribution in [-0.4, -0.2) is 43.3 Å². The maximum atomic E-state index is 9.55. The van der Waals surface area contributed by atoms with Crippen LogP contribution in [0.15, 0.2) is 24.3 Å². The van der Waals surface area contributed by atoms with Gasteiger partial charge in [-0.05, 0) is 37.5 Å². The summed E-state index contributed by atoms with van der Waals surface area (Å²) in [4.78, 5) is 2.33. The Kier molecular flexibility index (Phi) is 3.96. The molecule has 2 heterocycles. The van der Waals surface area contributed by atoms with E-state index in [1.165, 1.54) is 11.3 Å². The molecular weight excluding hydrogens is 254 g/mol. The molecule has 0 saturated carbocycles. The highest BCUT2D eigenvalue weighted by atomic mass is 16.7. The number of hydrogen-bond donors (Lipinski definition) is 1. The van der Waals surface area contributed by atoms with Crippen molar-refractivity contribution in [2.45, 2.75) is 38.1 Å². The van der Waals surface area contributed by atoms with Crippen molar-refractivity contribution < 1.29 is 14.6 Å². The summed E-state index contributed by atoms with van der Waals surface area (Å²) in [5.41, 5.74) is 2.47. The molecule has 0 amide bonds. The Balaban J connectivity index is 1.62. The molecule has 110 valence electrons. The third kappa shape index (κ3) is 3.14. The molecule has 20 heavy (non-hydrogen) atoms. The molecule has 2 fully saturated rings. The van der Waals surface area contributed by atoms with Crippen LogP contribution in [0.1, 0.15) is 25.3 Å². The van der Waals surface area contributed by atoms with Gasteiger partial charge in [-0.15, -0.1) is 0 Å². The van der Waals surface area contributed by atoms with Crippen molar-refractivity contribution in [2.24, 2.45) is 0 Å². The van der Waals surface area contributed by atoms with E-state index < -0.39 is 5.79 Å². The third-order valence-corrected chi connectivity index (χ3v) is 4.19. The van der Waals surface area contributed by atoms with E-state index in [0.717, 1.165) is 32.4 Å². The summed E-state index contributed by atoms with van der Waals surface area (Å²) < 4.78 is 11.3.